The van der Waals surface area contributed by atoms with Crippen molar-refractivity contribution in [3.8, 4) is 0 Å². The van der Waals surface area contributed by atoms with Gasteiger partial charge in [0.25, 0.3) is 0 Å². The van der Waals surface area contributed by atoms with Gasteiger partial charge < -0.3 is 10.2 Å². The van der Waals surface area contributed by atoms with Crippen molar-refractivity contribution in [3.63, 3.8) is 0 Å². The van der Waals surface area contributed by atoms with Crippen LogP contribution in [0.1, 0.15) is 32.6 Å². The van der Waals surface area contributed by atoms with Gasteiger partial charge in [0.05, 0.1) is 6.61 Å². The number of unbranched alkanes of at least 4 members (excludes halogenated alkanes) is 3. The van der Waals surface area contributed by atoms with Crippen molar-refractivity contribution in [2.75, 3.05) is 6.61 Å². The van der Waals surface area contributed by atoms with Gasteiger partial charge in [0.1, 0.15) is 6.10 Å². The van der Waals surface area contributed by atoms with Crippen molar-refractivity contribution in [2.24, 2.45) is 0 Å². The maximum absolute atomic E-state index is 10.9. The third-order valence-electron chi connectivity index (χ3n) is 1.65. The maximum Gasteiger partial charge on any atom is 0.167 e. The van der Waals surface area contributed by atoms with E-state index in [0.717, 1.165) is 19.3 Å². The summed E-state index contributed by atoms with van der Waals surface area (Å²) in [7, 11) is 0. The molecule has 0 aromatic heterocycles. The Morgan fingerprint density at radius 3 is 2.67 bits per heavy atom. The molecule has 0 fully saturated rings. The van der Waals surface area contributed by atoms with Gasteiger partial charge in [-0.3, -0.25) is 4.79 Å². The number of carbonyl (C=O) groups excluding carboxylic acids is 1. The van der Waals surface area contributed by atoms with Gasteiger partial charge in [-0.2, -0.15) is 0 Å². The van der Waals surface area contributed by atoms with Crippen molar-refractivity contribution in [3.05, 3.63) is 6.42 Å². The van der Waals surface area contributed by atoms with Crippen LogP contribution in [0.2, 0.25) is 0 Å². The van der Waals surface area contributed by atoms with Crippen LogP contribution in [0, 0.1) is 6.42 Å². The standard InChI is InChI=1S/C9H17O3/c1-2-3-4-5-6-8(11)9(12)7-10/h6,9-10,12H,2-5,7H2,1H3. The summed E-state index contributed by atoms with van der Waals surface area (Å²) in [6, 6.07) is 0. The lowest BCUT2D eigenvalue weighted by Crippen LogP contribution is -2.24. The van der Waals surface area contributed by atoms with Gasteiger partial charge in [-0.15, -0.1) is 0 Å². The second kappa shape index (κ2) is 7.25. The molecule has 0 rings (SSSR count). The summed E-state index contributed by atoms with van der Waals surface area (Å²) in [5.74, 6) is -0.367. The molecule has 0 aromatic carbocycles. The lowest BCUT2D eigenvalue weighted by atomic mass is 10.1. The Kier molecular flexibility index (Phi) is 7.00. The quantitative estimate of drug-likeness (QED) is 0.557. The first-order valence-electron chi connectivity index (χ1n) is 4.38. The smallest absolute Gasteiger partial charge is 0.167 e. The topological polar surface area (TPSA) is 57.5 Å². The predicted octanol–water partition coefficient (Wildman–Crippen LogP) is 0.693. The molecule has 0 aliphatic heterocycles. The van der Waals surface area contributed by atoms with Gasteiger partial charge in [0.2, 0.25) is 0 Å². The van der Waals surface area contributed by atoms with Crippen molar-refractivity contribution in [1.29, 1.82) is 0 Å². The first-order chi connectivity index (χ1) is 5.72. The number of aliphatic hydroxyl groups is 2. The first-order valence-corrected chi connectivity index (χ1v) is 4.38. The summed E-state index contributed by atoms with van der Waals surface area (Å²) < 4.78 is 0. The molecule has 0 heterocycles. The van der Waals surface area contributed by atoms with E-state index in [1.807, 2.05) is 0 Å². The molecule has 0 saturated carbocycles. The molecule has 71 valence electrons. The Balaban J connectivity index is 3.31. The molecule has 0 amide bonds. The van der Waals surface area contributed by atoms with Crippen LogP contribution in [0.25, 0.3) is 0 Å². The Labute approximate surface area is 73.4 Å². The molecule has 1 atom stereocenters. The number of aliphatic hydroxyl groups excluding tert-OH is 2. The molecule has 3 nitrogen and oxygen atoms in total. The van der Waals surface area contributed by atoms with Crippen LogP contribution in [0.4, 0.5) is 0 Å². The fourth-order valence-corrected chi connectivity index (χ4v) is 0.865. The van der Waals surface area contributed by atoms with Gasteiger partial charge in [-0.05, 0) is 6.42 Å². The fraction of sp³-hybridized carbons (Fsp3) is 0.778. The van der Waals surface area contributed by atoms with Crippen LogP contribution < -0.4 is 0 Å². The van der Waals surface area contributed by atoms with Crippen LogP contribution in [-0.4, -0.2) is 28.7 Å². The van der Waals surface area contributed by atoms with E-state index in [1.165, 1.54) is 6.42 Å². The molecule has 0 saturated heterocycles. The molecular formula is C9H17O3. The highest BCUT2D eigenvalue weighted by molar-refractivity contribution is 5.90. The van der Waals surface area contributed by atoms with E-state index in [2.05, 4.69) is 6.92 Å². The number of hydrogen-bond donors (Lipinski definition) is 2. The largest absolute Gasteiger partial charge is 0.393 e. The number of carbonyl (C=O) groups is 1. The first kappa shape index (κ1) is 11.6. The van der Waals surface area contributed by atoms with E-state index in [1.54, 1.807) is 0 Å². The molecule has 0 spiro atoms. The third-order valence-corrected chi connectivity index (χ3v) is 1.65. The summed E-state index contributed by atoms with van der Waals surface area (Å²) in [5, 5.41) is 17.3. The van der Waals surface area contributed by atoms with Gasteiger partial charge in [0.15, 0.2) is 5.78 Å². The summed E-state index contributed by atoms with van der Waals surface area (Å²) >= 11 is 0. The van der Waals surface area contributed by atoms with Gasteiger partial charge in [-0.25, -0.2) is 0 Å². The second-order valence-corrected chi connectivity index (χ2v) is 2.80. The number of rotatable bonds is 7. The highest BCUT2D eigenvalue weighted by Crippen LogP contribution is 2.03. The molecule has 0 aliphatic carbocycles. The fourth-order valence-electron chi connectivity index (χ4n) is 0.865. The predicted molar refractivity (Wildman–Crippen MR) is 46.5 cm³/mol. The van der Waals surface area contributed by atoms with Crippen molar-refractivity contribution in [2.45, 2.75) is 38.7 Å². The van der Waals surface area contributed by atoms with Crippen LogP contribution in [0.15, 0.2) is 0 Å². The monoisotopic (exact) mass is 173 g/mol. The van der Waals surface area contributed by atoms with Gasteiger partial charge in [-0.1, -0.05) is 26.2 Å². The van der Waals surface area contributed by atoms with Crippen LogP contribution >= 0.6 is 0 Å². The summed E-state index contributed by atoms with van der Waals surface area (Å²) in [6.07, 6.45) is 4.12. The van der Waals surface area contributed by atoms with E-state index in [-0.39, 0.29) is 5.78 Å². The van der Waals surface area contributed by atoms with Gasteiger partial charge >= 0.3 is 0 Å². The van der Waals surface area contributed by atoms with Crippen molar-refractivity contribution < 1.29 is 15.0 Å². The lowest BCUT2D eigenvalue weighted by molar-refractivity contribution is -0.125. The highest BCUT2D eigenvalue weighted by Gasteiger charge is 2.12. The lowest BCUT2D eigenvalue weighted by Gasteiger charge is -2.04. The van der Waals surface area contributed by atoms with E-state index in [4.69, 9.17) is 10.2 Å². The summed E-state index contributed by atoms with van der Waals surface area (Å²) in [4.78, 5) is 10.9. The molecular weight excluding hydrogens is 156 g/mol. The van der Waals surface area contributed by atoms with Crippen LogP contribution in [-0.2, 0) is 4.79 Å². The molecule has 0 aromatic rings. The van der Waals surface area contributed by atoms with Crippen molar-refractivity contribution in [1.82, 2.24) is 0 Å². The zero-order chi connectivity index (χ0) is 9.40. The Hall–Kier alpha value is -0.410. The van der Waals surface area contributed by atoms with Gasteiger partial charge in [0, 0.05) is 6.42 Å². The minimum absolute atomic E-state index is 0.367. The zero-order valence-electron chi connectivity index (χ0n) is 7.49. The molecule has 0 aliphatic rings. The minimum Gasteiger partial charge on any atom is -0.393 e. The number of ketones is 1. The third kappa shape index (κ3) is 5.27. The average molecular weight is 173 g/mol. The zero-order valence-corrected chi connectivity index (χ0v) is 7.49. The molecule has 12 heavy (non-hydrogen) atoms. The van der Waals surface area contributed by atoms with Crippen LogP contribution in [0.3, 0.4) is 0 Å². The SMILES string of the molecule is CCCCC[CH]C(=O)C(O)CO. The summed E-state index contributed by atoms with van der Waals surface area (Å²) in [6.45, 7) is 1.60. The Bertz CT molecular complexity index is 123. The average Bonchev–Trinajstić information content (AvgIpc) is 2.10. The maximum atomic E-state index is 10.9. The van der Waals surface area contributed by atoms with E-state index < -0.39 is 12.7 Å². The molecule has 1 radical (unpaired) electrons. The number of hydrogen-bond acceptors (Lipinski definition) is 3. The van der Waals surface area contributed by atoms with E-state index in [0.29, 0.717) is 6.42 Å². The van der Waals surface area contributed by atoms with Crippen LogP contribution in [0.5, 0.6) is 0 Å². The summed E-state index contributed by atoms with van der Waals surface area (Å²) in [5.41, 5.74) is 0. The van der Waals surface area contributed by atoms with E-state index >= 15 is 0 Å². The highest BCUT2D eigenvalue weighted by atomic mass is 16.3. The minimum atomic E-state index is -1.22. The molecule has 0 bridgehead atoms. The molecule has 3 heteroatoms. The Morgan fingerprint density at radius 2 is 2.17 bits per heavy atom. The number of Topliss-reactive ketones (excluding diaryl/α,β-unsaturated/α-hetero) is 1. The molecule has 1 unspecified atom stereocenters. The Morgan fingerprint density at radius 1 is 1.50 bits per heavy atom. The van der Waals surface area contributed by atoms with Crippen molar-refractivity contribution >= 4 is 5.78 Å². The van der Waals surface area contributed by atoms with E-state index in [9.17, 15) is 4.79 Å². The second-order valence-electron chi connectivity index (χ2n) is 2.80. The molecule has 2 N–H and O–H groups in total. The normalized spacial score (nSPS) is 12.9.